The molecule has 0 bridgehead atoms. The molecule has 1 aromatic carbocycles. The third kappa shape index (κ3) is 2.85. The lowest BCUT2D eigenvalue weighted by atomic mass is 10.2. The van der Waals surface area contributed by atoms with Crippen LogP contribution >= 0.6 is 0 Å². The summed E-state index contributed by atoms with van der Waals surface area (Å²) in [5, 5.41) is 10.9. The van der Waals surface area contributed by atoms with Gasteiger partial charge >= 0.3 is 0 Å². The zero-order valence-corrected chi connectivity index (χ0v) is 12.6. The van der Waals surface area contributed by atoms with Gasteiger partial charge in [0, 0.05) is 18.7 Å². The van der Waals surface area contributed by atoms with E-state index in [1.165, 1.54) is 10.4 Å². The summed E-state index contributed by atoms with van der Waals surface area (Å²) in [6.45, 7) is 4.13. The zero-order chi connectivity index (χ0) is 15.8. The van der Waals surface area contributed by atoms with E-state index in [1.54, 1.807) is 13.8 Å². The molecular formula is C12H17N3O5S. The van der Waals surface area contributed by atoms with Gasteiger partial charge in [-0.1, -0.05) is 0 Å². The lowest BCUT2D eigenvalue weighted by Gasteiger charge is -2.32. The Labute approximate surface area is 122 Å². The van der Waals surface area contributed by atoms with E-state index in [-0.39, 0.29) is 23.2 Å². The van der Waals surface area contributed by atoms with E-state index in [0.717, 1.165) is 6.07 Å². The highest BCUT2D eigenvalue weighted by molar-refractivity contribution is 7.89. The zero-order valence-electron chi connectivity index (χ0n) is 11.8. The van der Waals surface area contributed by atoms with Crippen LogP contribution in [0.15, 0.2) is 17.0 Å². The van der Waals surface area contributed by atoms with Crippen LogP contribution in [0.1, 0.15) is 12.5 Å². The number of hydrogen-bond acceptors (Lipinski definition) is 6. The predicted molar refractivity (Wildman–Crippen MR) is 76.4 cm³/mol. The number of nitrogens with zero attached hydrogens (tertiary/aromatic N) is 2. The molecule has 0 saturated carbocycles. The predicted octanol–water partition coefficient (Wildman–Crippen LogP) is 0.895. The monoisotopic (exact) mass is 315 g/mol. The van der Waals surface area contributed by atoms with E-state index in [4.69, 9.17) is 10.5 Å². The molecule has 0 radical (unpaired) electrons. The molecule has 1 unspecified atom stereocenters. The van der Waals surface area contributed by atoms with Gasteiger partial charge in [0.1, 0.15) is 5.69 Å². The molecule has 1 aromatic rings. The van der Waals surface area contributed by atoms with Crippen LogP contribution in [0.2, 0.25) is 0 Å². The second-order valence-electron chi connectivity index (χ2n) is 4.97. The summed E-state index contributed by atoms with van der Waals surface area (Å²) in [4.78, 5) is 10.2. The first-order chi connectivity index (χ1) is 9.75. The fourth-order valence-electron chi connectivity index (χ4n) is 2.33. The first-order valence-electron chi connectivity index (χ1n) is 6.39. The SMILES string of the molecule is Cc1cc(N)c([N+](=O)[O-])cc1S(=O)(=O)N1CCOCC1C. The minimum absolute atomic E-state index is 0.0496. The van der Waals surface area contributed by atoms with Crippen LogP contribution < -0.4 is 5.73 Å². The van der Waals surface area contributed by atoms with E-state index in [2.05, 4.69) is 0 Å². The molecule has 1 saturated heterocycles. The summed E-state index contributed by atoms with van der Waals surface area (Å²) in [5.74, 6) is 0. The van der Waals surface area contributed by atoms with E-state index in [1.807, 2.05) is 0 Å². The maximum absolute atomic E-state index is 12.7. The topological polar surface area (TPSA) is 116 Å². The van der Waals surface area contributed by atoms with Crippen molar-refractivity contribution in [3.05, 3.63) is 27.8 Å². The van der Waals surface area contributed by atoms with Crippen molar-refractivity contribution in [1.82, 2.24) is 4.31 Å². The lowest BCUT2D eigenvalue weighted by Crippen LogP contribution is -2.47. The quantitative estimate of drug-likeness (QED) is 0.503. The Hall–Kier alpha value is -1.71. The van der Waals surface area contributed by atoms with Gasteiger partial charge in [0.2, 0.25) is 10.0 Å². The van der Waals surface area contributed by atoms with Crippen molar-refractivity contribution in [2.75, 3.05) is 25.5 Å². The van der Waals surface area contributed by atoms with Crippen molar-refractivity contribution >= 4 is 21.4 Å². The molecule has 116 valence electrons. The summed E-state index contributed by atoms with van der Waals surface area (Å²) < 4.78 is 31.9. The van der Waals surface area contributed by atoms with Gasteiger partial charge in [0.15, 0.2) is 0 Å². The van der Waals surface area contributed by atoms with Gasteiger partial charge in [-0.3, -0.25) is 10.1 Å². The molecule has 9 heteroatoms. The second-order valence-corrected chi connectivity index (χ2v) is 6.83. The Morgan fingerprint density at radius 3 is 2.71 bits per heavy atom. The molecule has 2 N–H and O–H groups in total. The van der Waals surface area contributed by atoms with Gasteiger partial charge in [-0.15, -0.1) is 0 Å². The number of aryl methyl sites for hydroxylation is 1. The molecule has 8 nitrogen and oxygen atoms in total. The van der Waals surface area contributed by atoms with Crippen molar-refractivity contribution < 1.29 is 18.1 Å². The average molecular weight is 315 g/mol. The molecule has 21 heavy (non-hydrogen) atoms. The van der Waals surface area contributed by atoms with Gasteiger partial charge < -0.3 is 10.5 Å². The van der Waals surface area contributed by atoms with Crippen molar-refractivity contribution in [1.29, 1.82) is 0 Å². The number of hydrogen-bond donors (Lipinski definition) is 1. The van der Waals surface area contributed by atoms with Crippen LogP contribution in [-0.4, -0.2) is 43.4 Å². The normalized spacial score (nSPS) is 20.4. The van der Waals surface area contributed by atoms with Gasteiger partial charge in [0.05, 0.1) is 23.0 Å². The van der Waals surface area contributed by atoms with Crippen LogP contribution in [0.3, 0.4) is 0 Å². The Kier molecular flexibility index (Phi) is 4.17. The number of ether oxygens (including phenoxy) is 1. The fraction of sp³-hybridized carbons (Fsp3) is 0.500. The summed E-state index contributed by atoms with van der Waals surface area (Å²) >= 11 is 0. The smallest absolute Gasteiger partial charge is 0.293 e. The number of nitrogen functional groups attached to an aromatic ring is 1. The maximum Gasteiger partial charge on any atom is 0.293 e. The first-order valence-corrected chi connectivity index (χ1v) is 7.83. The standard InChI is InChI=1S/C12H17N3O5S/c1-8-5-10(13)11(15(16)17)6-12(8)21(18,19)14-3-4-20-7-9(14)2/h5-6,9H,3-4,7,13H2,1-2H3. The molecular weight excluding hydrogens is 298 g/mol. The number of morpholine rings is 1. The number of anilines is 1. The summed E-state index contributed by atoms with van der Waals surface area (Å²) in [5.41, 5.74) is 5.50. The summed E-state index contributed by atoms with van der Waals surface area (Å²) in [7, 11) is -3.82. The molecule has 1 aliphatic rings. The maximum atomic E-state index is 12.7. The Balaban J connectivity index is 2.54. The average Bonchev–Trinajstić information content (AvgIpc) is 2.38. The molecule has 1 heterocycles. The Morgan fingerprint density at radius 2 is 2.14 bits per heavy atom. The first kappa shape index (κ1) is 15.7. The van der Waals surface area contributed by atoms with Crippen molar-refractivity contribution in [3.63, 3.8) is 0 Å². The highest BCUT2D eigenvalue weighted by Gasteiger charge is 2.34. The van der Waals surface area contributed by atoms with Gasteiger partial charge in [-0.25, -0.2) is 8.42 Å². The van der Waals surface area contributed by atoms with Gasteiger partial charge in [-0.2, -0.15) is 4.31 Å². The Morgan fingerprint density at radius 1 is 1.48 bits per heavy atom. The minimum atomic E-state index is -3.82. The molecule has 0 aromatic heterocycles. The highest BCUT2D eigenvalue weighted by Crippen LogP contribution is 2.31. The summed E-state index contributed by atoms with van der Waals surface area (Å²) in [6.07, 6.45) is 0. The number of nitrogens with two attached hydrogens (primary N) is 1. The van der Waals surface area contributed by atoms with Gasteiger partial charge in [-0.05, 0) is 25.5 Å². The minimum Gasteiger partial charge on any atom is -0.393 e. The largest absolute Gasteiger partial charge is 0.393 e. The van der Waals surface area contributed by atoms with Crippen LogP contribution in [-0.2, 0) is 14.8 Å². The third-order valence-electron chi connectivity index (χ3n) is 3.41. The van der Waals surface area contributed by atoms with E-state index in [0.29, 0.717) is 18.8 Å². The molecule has 0 amide bonds. The van der Waals surface area contributed by atoms with Crippen LogP contribution in [0.4, 0.5) is 11.4 Å². The van der Waals surface area contributed by atoms with Crippen LogP contribution in [0.5, 0.6) is 0 Å². The van der Waals surface area contributed by atoms with Crippen molar-refractivity contribution in [3.8, 4) is 0 Å². The number of rotatable bonds is 3. The highest BCUT2D eigenvalue weighted by atomic mass is 32.2. The van der Waals surface area contributed by atoms with E-state index < -0.39 is 20.6 Å². The number of nitro groups is 1. The lowest BCUT2D eigenvalue weighted by molar-refractivity contribution is -0.384. The van der Waals surface area contributed by atoms with Crippen molar-refractivity contribution in [2.45, 2.75) is 24.8 Å². The molecule has 1 aliphatic heterocycles. The number of sulfonamides is 1. The van der Waals surface area contributed by atoms with E-state index >= 15 is 0 Å². The molecule has 2 rings (SSSR count). The second kappa shape index (κ2) is 5.58. The van der Waals surface area contributed by atoms with Crippen molar-refractivity contribution in [2.24, 2.45) is 0 Å². The Bertz CT molecular complexity index is 674. The van der Waals surface area contributed by atoms with Gasteiger partial charge in [0.25, 0.3) is 5.69 Å². The van der Waals surface area contributed by atoms with Crippen LogP contribution in [0, 0.1) is 17.0 Å². The molecule has 0 spiro atoms. The fourth-order valence-corrected chi connectivity index (χ4v) is 4.16. The third-order valence-corrected chi connectivity index (χ3v) is 5.57. The molecule has 1 atom stereocenters. The van der Waals surface area contributed by atoms with Crippen LogP contribution in [0.25, 0.3) is 0 Å². The van der Waals surface area contributed by atoms with E-state index in [9.17, 15) is 18.5 Å². The number of nitro benzene ring substituents is 1. The molecule has 1 fully saturated rings. The number of benzene rings is 1. The molecule has 0 aliphatic carbocycles. The summed E-state index contributed by atoms with van der Waals surface area (Å²) in [6, 6.07) is 2.03.